The van der Waals surface area contributed by atoms with Crippen LogP contribution < -0.4 is 5.32 Å². The van der Waals surface area contributed by atoms with Crippen molar-refractivity contribution in [2.75, 3.05) is 5.32 Å². The molecule has 3 aromatic rings. The van der Waals surface area contributed by atoms with Crippen LogP contribution in [0.25, 0.3) is 0 Å². The molecule has 112 valence electrons. The lowest BCUT2D eigenvalue weighted by molar-refractivity contribution is 0.101. The maximum Gasteiger partial charge on any atom is 0.276 e. The minimum atomic E-state index is -0.284. The Hall–Kier alpha value is -2.96. The minimum Gasteiger partial charge on any atom is -0.288 e. The summed E-state index contributed by atoms with van der Waals surface area (Å²) in [5.41, 5.74) is 2.78. The highest BCUT2D eigenvalue weighted by atomic mass is 16.2. The molecule has 3 rings (SSSR count). The average molecular weight is 296 g/mol. The van der Waals surface area contributed by atoms with E-state index in [4.69, 9.17) is 0 Å². The third kappa shape index (κ3) is 3.03. The largest absolute Gasteiger partial charge is 0.288 e. The van der Waals surface area contributed by atoms with E-state index in [1.54, 1.807) is 30.3 Å². The first-order valence-electron chi connectivity index (χ1n) is 6.86. The fourth-order valence-electron chi connectivity index (χ4n) is 2.19. The van der Waals surface area contributed by atoms with Gasteiger partial charge in [-0.1, -0.05) is 29.8 Å². The minimum absolute atomic E-state index is 0.277. The van der Waals surface area contributed by atoms with Crippen LogP contribution in [0.3, 0.4) is 0 Å². The van der Waals surface area contributed by atoms with Crippen LogP contribution in [0.15, 0.2) is 42.9 Å². The van der Waals surface area contributed by atoms with Crippen LogP contribution in [0.4, 0.5) is 5.95 Å². The zero-order chi connectivity index (χ0) is 15.5. The van der Waals surface area contributed by atoms with Crippen molar-refractivity contribution in [3.63, 3.8) is 0 Å². The molecule has 0 aliphatic heterocycles. The van der Waals surface area contributed by atoms with Crippen molar-refractivity contribution in [2.45, 2.75) is 13.5 Å². The Balaban J connectivity index is 1.69. The van der Waals surface area contributed by atoms with Crippen molar-refractivity contribution in [1.29, 1.82) is 0 Å². The van der Waals surface area contributed by atoms with Crippen molar-refractivity contribution in [1.82, 2.24) is 24.5 Å². The predicted molar refractivity (Wildman–Crippen MR) is 81.5 cm³/mol. The Morgan fingerprint density at radius 1 is 1.32 bits per heavy atom. The van der Waals surface area contributed by atoms with Gasteiger partial charge in [0.15, 0.2) is 0 Å². The summed E-state index contributed by atoms with van der Waals surface area (Å²) in [6, 6.07) is 9.81. The zero-order valence-corrected chi connectivity index (χ0v) is 12.4. The fraction of sp³-hybridized carbons (Fsp3) is 0.200. The molecule has 2 aromatic heterocycles. The van der Waals surface area contributed by atoms with Gasteiger partial charge in [-0.2, -0.15) is 5.10 Å². The Bertz CT molecular complexity index is 804. The van der Waals surface area contributed by atoms with Crippen LogP contribution in [0.2, 0.25) is 0 Å². The van der Waals surface area contributed by atoms with Gasteiger partial charge in [0, 0.05) is 13.2 Å². The SMILES string of the molecule is Cc1cccc(Cn2cnc(NC(=O)c3ccnn3C)n2)c1. The Morgan fingerprint density at radius 3 is 2.91 bits per heavy atom. The highest BCUT2D eigenvalue weighted by Gasteiger charge is 2.12. The van der Waals surface area contributed by atoms with Gasteiger partial charge in [-0.15, -0.1) is 5.10 Å². The lowest BCUT2D eigenvalue weighted by Gasteiger charge is -2.03. The number of carbonyl (C=O) groups is 1. The molecule has 0 spiro atoms. The first kappa shape index (κ1) is 14.0. The molecule has 0 aliphatic rings. The van der Waals surface area contributed by atoms with Crippen molar-refractivity contribution >= 4 is 11.9 Å². The van der Waals surface area contributed by atoms with Gasteiger partial charge in [-0.25, -0.2) is 9.67 Å². The molecule has 0 saturated heterocycles. The van der Waals surface area contributed by atoms with Gasteiger partial charge < -0.3 is 0 Å². The highest BCUT2D eigenvalue weighted by Crippen LogP contribution is 2.07. The van der Waals surface area contributed by atoms with Crippen LogP contribution in [0.1, 0.15) is 21.6 Å². The summed E-state index contributed by atoms with van der Waals surface area (Å²) >= 11 is 0. The molecule has 0 fully saturated rings. The van der Waals surface area contributed by atoms with Gasteiger partial charge >= 0.3 is 0 Å². The molecule has 1 N–H and O–H groups in total. The predicted octanol–water partition coefficient (Wildman–Crippen LogP) is 1.62. The normalized spacial score (nSPS) is 10.6. The Labute approximate surface area is 127 Å². The molecule has 0 saturated carbocycles. The summed E-state index contributed by atoms with van der Waals surface area (Å²) in [5, 5.41) is 10.9. The van der Waals surface area contributed by atoms with Gasteiger partial charge in [0.2, 0.25) is 5.95 Å². The van der Waals surface area contributed by atoms with Crippen LogP contribution in [0.5, 0.6) is 0 Å². The van der Waals surface area contributed by atoms with E-state index in [1.807, 2.05) is 25.1 Å². The van der Waals surface area contributed by atoms with E-state index >= 15 is 0 Å². The van der Waals surface area contributed by atoms with Crippen LogP contribution in [-0.4, -0.2) is 30.5 Å². The fourth-order valence-corrected chi connectivity index (χ4v) is 2.19. The number of nitrogens with one attached hydrogen (secondary N) is 1. The quantitative estimate of drug-likeness (QED) is 0.793. The highest BCUT2D eigenvalue weighted by molar-refractivity contribution is 6.01. The van der Waals surface area contributed by atoms with Crippen LogP contribution in [-0.2, 0) is 13.6 Å². The molecule has 0 radical (unpaired) electrons. The molecule has 1 amide bonds. The second-order valence-corrected chi connectivity index (χ2v) is 5.05. The molecule has 0 bridgehead atoms. The maximum atomic E-state index is 12.0. The van der Waals surface area contributed by atoms with Crippen LogP contribution >= 0.6 is 0 Å². The van der Waals surface area contributed by atoms with Crippen molar-refractivity contribution in [3.8, 4) is 0 Å². The number of hydrogen-bond acceptors (Lipinski definition) is 4. The summed E-state index contributed by atoms with van der Waals surface area (Å²) < 4.78 is 3.19. The summed E-state index contributed by atoms with van der Waals surface area (Å²) in [4.78, 5) is 16.2. The van der Waals surface area contributed by atoms with Gasteiger partial charge in [0.1, 0.15) is 12.0 Å². The maximum absolute atomic E-state index is 12.0. The van der Waals surface area contributed by atoms with Crippen molar-refractivity contribution in [2.24, 2.45) is 7.05 Å². The molecule has 7 heteroatoms. The number of hydrogen-bond donors (Lipinski definition) is 1. The molecular weight excluding hydrogens is 280 g/mol. The number of amides is 1. The topological polar surface area (TPSA) is 77.6 Å². The first-order valence-corrected chi connectivity index (χ1v) is 6.86. The number of aryl methyl sites for hydroxylation is 2. The van der Waals surface area contributed by atoms with E-state index in [9.17, 15) is 4.79 Å². The lowest BCUT2D eigenvalue weighted by Crippen LogP contribution is -2.17. The smallest absolute Gasteiger partial charge is 0.276 e. The summed E-state index contributed by atoms with van der Waals surface area (Å²) in [6.07, 6.45) is 3.17. The second-order valence-electron chi connectivity index (χ2n) is 5.05. The van der Waals surface area contributed by atoms with E-state index in [0.717, 1.165) is 5.56 Å². The van der Waals surface area contributed by atoms with E-state index in [2.05, 4.69) is 26.6 Å². The number of benzene rings is 1. The summed E-state index contributed by atoms with van der Waals surface area (Å²) in [7, 11) is 1.71. The number of nitrogens with zero attached hydrogens (tertiary/aromatic N) is 5. The van der Waals surface area contributed by atoms with Crippen molar-refractivity contribution < 1.29 is 4.79 Å². The standard InChI is InChI=1S/C15H16N6O/c1-11-4-3-5-12(8-11)9-21-10-16-15(19-21)18-14(22)13-6-7-17-20(13)2/h3-8,10H,9H2,1-2H3,(H,18,19,22). The second kappa shape index (κ2) is 5.80. The van der Waals surface area contributed by atoms with E-state index < -0.39 is 0 Å². The van der Waals surface area contributed by atoms with Gasteiger partial charge in [-0.3, -0.25) is 14.8 Å². The summed E-state index contributed by atoms with van der Waals surface area (Å²) in [6.45, 7) is 2.65. The van der Waals surface area contributed by atoms with Crippen LogP contribution in [0, 0.1) is 6.92 Å². The van der Waals surface area contributed by atoms with Gasteiger partial charge in [0.25, 0.3) is 5.91 Å². The summed E-state index contributed by atoms with van der Waals surface area (Å²) in [5.74, 6) is -0.00726. The molecule has 1 aromatic carbocycles. The third-order valence-corrected chi connectivity index (χ3v) is 3.24. The molecule has 0 atom stereocenters. The monoisotopic (exact) mass is 296 g/mol. The molecule has 22 heavy (non-hydrogen) atoms. The van der Waals surface area contributed by atoms with E-state index in [-0.39, 0.29) is 11.9 Å². The third-order valence-electron chi connectivity index (χ3n) is 3.24. The Morgan fingerprint density at radius 2 is 2.18 bits per heavy atom. The number of carbonyl (C=O) groups excluding carboxylic acids is 1. The zero-order valence-electron chi connectivity index (χ0n) is 12.4. The molecule has 7 nitrogen and oxygen atoms in total. The number of rotatable bonds is 4. The molecule has 2 heterocycles. The number of anilines is 1. The molecule has 0 aliphatic carbocycles. The molecular formula is C15H16N6O. The van der Waals surface area contributed by atoms with E-state index in [1.165, 1.54) is 10.2 Å². The lowest BCUT2D eigenvalue weighted by atomic mass is 10.1. The van der Waals surface area contributed by atoms with E-state index in [0.29, 0.717) is 12.2 Å². The Kier molecular flexibility index (Phi) is 3.69. The van der Waals surface area contributed by atoms with Gasteiger partial charge in [-0.05, 0) is 18.6 Å². The first-order chi connectivity index (χ1) is 10.6. The van der Waals surface area contributed by atoms with Crippen molar-refractivity contribution in [3.05, 3.63) is 59.7 Å². The van der Waals surface area contributed by atoms with Gasteiger partial charge in [0.05, 0.1) is 6.54 Å². The average Bonchev–Trinajstić information content (AvgIpc) is 3.08. The number of aromatic nitrogens is 5. The molecule has 0 unspecified atom stereocenters.